The number of amides is 1. The molecule has 0 aliphatic carbocycles. The number of nitro groups is 2. The number of aryl methyl sites for hydroxylation is 1. The van der Waals surface area contributed by atoms with Crippen LogP contribution in [0, 0.1) is 27.2 Å². The fraction of sp³-hybridized carbons (Fsp3) is 0.125. The number of hydrogen-bond acceptors (Lipinski definition) is 7. The predicted octanol–water partition coefficient (Wildman–Crippen LogP) is 2.64. The molecule has 0 saturated heterocycles. The second kappa shape index (κ2) is 7.83. The number of nitrogens with zero attached hydrogens (tertiary/aromatic N) is 2. The number of rotatable bonds is 7. The Balaban J connectivity index is 2.08. The summed E-state index contributed by atoms with van der Waals surface area (Å²) in [7, 11) is 0. The quantitative estimate of drug-likeness (QED) is 0.455. The first-order chi connectivity index (χ1) is 12.3. The van der Waals surface area contributed by atoms with Crippen LogP contribution in [-0.4, -0.2) is 28.6 Å². The number of carbonyl (C=O) groups excluding carboxylic acids is 2. The molecule has 10 heteroatoms. The summed E-state index contributed by atoms with van der Waals surface area (Å²) in [5.74, 6) is -0.597. The molecular formula is C16H13N3O7. The zero-order chi connectivity index (χ0) is 19.3. The summed E-state index contributed by atoms with van der Waals surface area (Å²) in [4.78, 5) is 43.3. The Labute approximate surface area is 146 Å². The smallest absolute Gasteiger partial charge is 0.271 e. The van der Waals surface area contributed by atoms with E-state index in [0.717, 1.165) is 12.1 Å². The van der Waals surface area contributed by atoms with Crippen molar-refractivity contribution in [3.8, 4) is 5.75 Å². The predicted molar refractivity (Wildman–Crippen MR) is 90.4 cm³/mol. The summed E-state index contributed by atoms with van der Waals surface area (Å²) in [5, 5.41) is 24.0. The molecule has 2 rings (SSSR count). The third-order valence-corrected chi connectivity index (χ3v) is 3.40. The highest BCUT2D eigenvalue weighted by molar-refractivity contribution is 5.93. The summed E-state index contributed by atoms with van der Waals surface area (Å²) in [5.41, 5.74) is 0.347. The van der Waals surface area contributed by atoms with E-state index in [1.54, 1.807) is 6.92 Å². The first-order valence-corrected chi connectivity index (χ1v) is 7.23. The number of nitro benzene ring substituents is 2. The highest BCUT2D eigenvalue weighted by Crippen LogP contribution is 2.24. The van der Waals surface area contributed by atoms with E-state index in [-0.39, 0.29) is 28.4 Å². The standard InChI is InChI=1S/C16H13N3O7/c1-10-2-3-13(19(24)25)7-14(10)17-16(21)9-26-15-5-4-12(18(22)23)6-11(15)8-20/h2-8H,9H2,1H3,(H,17,21). The van der Waals surface area contributed by atoms with E-state index in [9.17, 15) is 29.8 Å². The maximum absolute atomic E-state index is 12.0. The molecular weight excluding hydrogens is 346 g/mol. The van der Waals surface area contributed by atoms with E-state index in [0.29, 0.717) is 11.8 Å². The van der Waals surface area contributed by atoms with Gasteiger partial charge in [-0.1, -0.05) is 6.07 Å². The SMILES string of the molecule is Cc1ccc([N+](=O)[O-])cc1NC(=O)COc1ccc([N+](=O)[O-])cc1C=O. The Bertz CT molecular complexity index is 895. The minimum Gasteiger partial charge on any atom is -0.483 e. The van der Waals surface area contributed by atoms with Gasteiger partial charge in [0.1, 0.15) is 5.75 Å². The van der Waals surface area contributed by atoms with Crippen LogP contribution in [0.3, 0.4) is 0 Å². The highest BCUT2D eigenvalue weighted by atomic mass is 16.6. The van der Waals surface area contributed by atoms with Crippen LogP contribution in [0.4, 0.5) is 17.1 Å². The summed E-state index contributed by atoms with van der Waals surface area (Å²) < 4.78 is 5.21. The molecule has 0 spiro atoms. The lowest BCUT2D eigenvalue weighted by Gasteiger charge is -2.10. The van der Waals surface area contributed by atoms with E-state index in [1.165, 1.54) is 24.3 Å². The lowest BCUT2D eigenvalue weighted by molar-refractivity contribution is -0.385. The van der Waals surface area contributed by atoms with Crippen LogP contribution in [0.2, 0.25) is 0 Å². The third kappa shape index (κ3) is 4.38. The minimum atomic E-state index is -0.658. The van der Waals surface area contributed by atoms with E-state index in [1.807, 2.05) is 0 Å². The summed E-state index contributed by atoms with van der Waals surface area (Å²) in [6.07, 6.45) is 0.380. The van der Waals surface area contributed by atoms with Gasteiger partial charge >= 0.3 is 0 Å². The lowest BCUT2D eigenvalue weighted by atomic mass is 10.2. The van der Waals surface area contributed by atoms with Crippen LogP contribution in [0.15, 0.2) is 36.4 Å². The molecule has 0 aromatic heterocycles. The van der Waals surface area contributed by atoms with E-state index < -0.39 is 22.4 Å². The second-order valence-electron chi connectivity index (χ2n) is 5.19. The van der Waals surface area contributed by atoms with Crippen molar-refractivity contribution < 1.29 is 24.2 Å². The Morgan fingerprint density at radius 2 is 1.73 bits per heavy atom. The molecule has 0 radical (unpaired) electrons. The molecule has 26 heavy (non-hydrogen) atoms. The zero-order valence-electron chi connectivity index (χ0n) is 13.5. The summed E-state index contributed by atoms with van der Waals surface area (Å²) in [6.45, 7) is 1.18. The number of anilines is 1. The Hall–Kier alpha value is -3.82. The summed E-state index contributed by atoms with van der Waals surface area (Å²) >= 11 is 0. The fourth-order valence-corrected chi connectivity index (χ4v) is 2.06. The second-order valence-corrected chi connectivity index (χ2v) is 5.19. The molecule has 0 aliphatic rings. The van der Waals surface area contributed by atoms with Gasteiger partial charge in [-0.2, -0.15) is 0 Å². The van der Waals surface area contributed by atoms with Crippen molar-refractivity contribution in [3.05, 3.63) is 67.8 Å². The molecule has 0 bridgehead atoms. The zero-order valence-corrected chi connectivity index (χ0v) is 13.5. The van der Waals surface area contributed by atoms with Gasteiger partial charge < -0.3 is 10.1 Å². The van der Waals surface area contributed by atoms with E-state index >= 15 is 0 Å². The number of aldehydes is 1. The topological polar surface area (TPSA) is 142 Å². The van der Waals surface area contributed by atoms with Crippen molar-refractivity contribution in [3.63, 3.8) is 0 Å². The van der Waals surface area contributed by atoms with Crippen LogP contribution in [0.5, 0.6) is 5.75 Å². The van der Waals surface area contributed by atoms with Crippen molar-refractivity contribution in [1.29, 1.82) is 0 Å². The van der Waals surface area contributed by atoms with Gasteiger partial charge in [0.15, 0.2) is 12.9 Å². The van der Waals surface area contributed by atoms with Gasteiger partial charge in [0, 0.05) is 24.3 Å². The lowest BCUT2D eigenvalue weighted by Crippen LogP contribution is -2.21. The van der Waals surface area contributed by atoms with Gasteiger partial charge in [-0.3, -0.25) is 29.8 Å². The molecule has 0 atom stereocenters. The number of non-ortho nitro benzene ring substituents is 2. The molecule has 0 aliphatic heterocycles. The monoisotopic (exact) mass is 359 g/mol. The van der Waals surface area contributed by atoms with Crippen LogP contribution >= 0.6 is 0 Å². The van der Waals surface area contributed by atoms with Crippen molar-refractivity contribution in [2.24, 2.45) is 0 Å². The number of carbonyl (C=O) groups is 2. The third-order valence-electron chi connectivity index (χ3n) is 3.40. The number of hydrogen-bond donors (Lipinski definition) is 1. The van der Waals surface area contributed by atoms with Crippen molar-refractivity contribution in [1.82, 2.24) is 0 Å². The highest BCUT2D eigenvalue weighted by Gasteiger charge is 2.14. The fourth-order valence-electron chi connectivity index (χ4n) is 2.06. The Morgan fingerprint density at radius 3 is 2.35 bits per heavy atom. The average molecular weight is 359 g/mol. The largest absolute Gasteiger partial charge is 0.483 e. The molecule has 1 N–H and O–H groups in total. The van der Waals surface area contributed by atoms with Gasteiger partial charge in [0.05, 0.1) is 21.1 Å². The molecule has 0 fully saturated rings. The number of benzene rings is 2. The number of nitrogens with one attached hydrogen (secondary N) is 1. The minimum absolute atomic E-state index is 0.0107. The van der Waals surface area contributed by atoms with Gasteiger partial charge in [-0.05, 0) is 18.6 Å². The van der Waals surface area contributed by atoms with Gasteiger partial charge in [-0.15, -0.1) is 0 Å². The molecule has 10 nitrogen and oxygen atoms in total. The van der Waals surface area contributed by atoms with E-state index in [4.69, 9.17) is 4.74 Å². The first kappa shape index (κ1) is 18.5. The van der Waals surface area contributed by atoms with Crippen LogP contribution in [0.1, 0.15) is 15.9 Å². The van der Waals surface area contributed by atoms with Crippen molar-refractivity contribution in [2.75, 3.05) is 11.9 Å². The maximum Gasteiger partial charge on any atom is 0.271 e. The van der Waals surface area contributed by atoms with E-state index in [2.05, 4.69) is 5.32 Å². The molecule has 1 amide bonds. The molecule has 0 heterocycles. The van der Waals surface area contributed by atoms with Crippen molar-refractivity contribution in [2.45, 2.75) is 6.92 Å². The Kier molecular flexibility index (Phi) is 5.58. The van der Waals surface area contributed by atoms with Gasteiger partial charge in [0.25, 0.3) is 17.3 Å². The summed E-state index contributed by atoms with van der Waals surface area (Å²) in [6, 6.07) is 7.42. The molecule has 134 valence electrons. The first-order valence-electron chi connectivity index (χ1n) is 7.23. The maximum atomic E-state index is 12.0. The average Bonchev–Trinajstić information content (AvgIpc) is 2.61. The van der Waals surface area contributed by atoms with Gasteiger partial charge in [-0.25, -0.2) is 0 Å². The Morgan fingerprint density at radius 1 is 1.12 bits per heavy atom. The molecule has 2 aromatic rings. The molecule has 2 aromatic carbocycles. The molecule has 0 saturated carbocycles. The normalized spacial score (nSPS) is 10.0. The number of ether oxygens (including phenoxy) is 1. The molecule has 0 unspecified atom stereocenters. The van der Waals surface area contributed by atoms with Crippen LogP contribution in [-0.2, 0) is 4.79 Å². The van der Waals surface area contributed by atoms with Crippen LogP contribution < -0.4 is 10.1 Å². The van der Waals surface area contributed by atoms with Crippen LogP contribution in [0.25, 0.3) is 0 Å². The van der Waals surface area contributed by atoms with Crippen molar-refractivity contribution >= 4 is 29.3 Å². The van der Waals surface area contributed by atoms with Gasteiger partial charge in [0.2, 0.25) is 0 Å².